The number of amides is 1. The third-order valence-corrected chi connectivity index (χ3v) is 3.63. The van der Waals surface area contributed by atoms with E-state index in [0.717, 1.165) is 58.8 Å². The highest BCUT2D eigenvalue weighted by Gasteiger charge is 2.10. The molecule has 0 radical (unpaired) electrons. The number of carbonyl (C=O) groups is 1. The molecule has 0 atom stereocenters. The molecule has 7 nitrogen and oxygen atoms in total. The van der Waals surface area contributed by atoms with Crippen LogP contribution in [0.25, 0.3) is 0 Å². The predicted octanol–water partition coefficient (Wildman–Crippen LogP) is -1.36. The van der Waals surface area contributed by atoms with Gasteiger partial charge in [0.05, 0.1) is 0 Å². The Morgan fingerprint density at radius 3 is 2.05 bits per heavy atom. The Morgan fingerprint density at radius 1 is 0.955 bits per heavy atom. The molecular weight excluding hydrogens is 280 g/mol. The van der Waals surface area contributed by atoms with Gasteiger partial charge in [-0.05, 0) is 26.1 Å². The van der Waals surface area contributed by atoms with E-state index in [1.54, 1.807) is 7.05 Å². The highest BCUT2D eigenvalue weighted by atomic mass is 16.1. The van der Waals surface area contributed by atoms with Crippen LogP contribution in [0.4, 0.5) is 0 Å². The van der Waals surface area contributed by atoms with E-state index in [9.17, 15) is 4.79 Å². The van der Waals surface area contributed by atoms with Gasteiger partial charge in [0.15, 0.2) is 0 Å². The topological polar surface area (TPSA) is 99.7 Å². The lowest BCUT2D eigenvalue weighted by molar-refractivity contribution is -0.120. The molecule has 0 unspecified atom stereocenters. The zero-order valence-corrected chi connectivity index (χ0v) is 14.4. The van der Waals surface area contributed by atoms with Gasteiger partial charge in [-0.15, -0.1) is 0 Å². The molecule has 0 bridgehead atoms. The minimum Gasteiger partial charge on any atom is -0.359 e. The van der Waals surface area contributed by atoms with Crippen molar-refractivity contribution in [2.45, 2.75) is 19.8 Å². The molecule has 0 aliphatic heterocycles. The third kappa shape index (κ3) is 11.9. The number of hydrogen-bond acceptors (Lipinski definition) is 6. The Hall–Kier alpha value is -0.730. The molecule has 0 aromatic rings. The summed E-state index contributed by atoms with van der Waals surface area (Å²) in [5.41, 5.74) is 11.4. The molecule has 1 amide bonds. The van der Waals surface area contributed by atoms with E-state index in [1.807, 2.05) is 0 Å². The molecule has 0 aliphatic rings. The molecule has 0 heterocycles. The van der Waals surface area contributed by atoms with Crippen molar-refractivity contribution in [3.63, 3.8) is 0 Å². The molecule has 132 valence electrons. The molecule has 0 fully saturated rings. The van der Waals surface area contributed by atoms with Crippen molar-refractivity contribution in [2.75, 3.05) is 72.5 Å². The van der Waals surface area contributed by atoms with Crippen LogP contribution in [0, 0.1) is 0 Å². The summed E-state index contributed by atoms with van der Waals surface area (Å²) in [6, 6.07) is 0. The minimum atomic E-state index is 0.0754. The Balaban J connectivity index is 4.09. The summed E-state index contributed by atoms with van der Waals surface area (Å²) in [6.07, 6.45) is 1.65. The van der Waals surface area contributed by atoms with Crippen LogP contribution < -0.4 is 22.1 Å². The fourth-order valence-corrected chi connectivity index (χ4v) is 2.31. The first-order valence-electron chi connectivity index (χ1n) is 8.44. The molecule has 0 spiro atoms. The van der Waals surface area contributed by atoms with E-state index in [4.69, 9.17) is 11.5 Å². The van der Waals surface area contributed by atoms with Gasteiger partial charge in [-0.1, -0.05) is 6.92 Å². The summed E-state index contributed by atoms with van der Waals surface area (Å²) < 4.78 is 0. The average molecular weight is 316 g/mol. The molecule has 22 heavy (non-hydrogen) atoms. The van der Waals surface area contributed by atoms with Crippen molar-refractivity contribution in [3.8, 4) is 0 Å². The zero-order chi connectivity index (χ0) is 16.6. The van der Waals surface area contributed by atoms with Crippen LogP contribution >= 0.6 is 0 Å². The second-order valence-corrected chi connectivity index (χ2v) is 5.39. The molecule has 0 aromatic heterocycles. The summed E-state index contributed by atoms with van der Waals surface area (Å²) in [7, 11) is 1.67. The maximum Gasteiger partial charge on any atom is 0.221 e. The Labute approximate surface area is 135 Å². The van der Waals surface area contributed by atoms with Gasteiger partial charge in [0.1, 0.15) is 0 Å². The lowest BCUT2D eigenvalue weighted by Crippen LogP contribution is -2.41. The van der Waals surface area contributed by atoms with Crippen LogP contribution in [0.1, 0.15) is 19.8 Å². The first kappa shape index (κ1) is 21.3. The number of rotatable bonds is 15. The first-order chi connectivity index (χ1) is 10.7. The number of carbonyl (C=O) groups excluding carboxylic acids is 1. The molecule has 7 heteroatoms. The summed E-state index contributed by atoms with van der Waals surface area (Å²) in [4.78, 5) is 16.0. The monoisotopic (exact) mass is 316 g/mol. The smallest absolute Gasteiger partial charge is 0.221 e. The maximum atomic E-state index is 11.4. The van der Waals surface area contributed by atoms with Gasteiger partial charge < -0.3 is 31.9 Å². The average Bonchev–Trinajstić information content (AvgIpc) is 2.53. The van der Waals surface area contributed by atoms with Gasteiger partial charge in [-0.3, -0.25) is 4.79 Å². The molecule has 0 saturated heterocycles. The Bertz CT molecular complexity index is 264. The van der Waals surface area contributed by atoms with Crippen LogP contribution in [-0.4, -0.2) is 88.2 Å². The van der Waals surface area contributed by atoms with Crippen LogP contribution in [0.15, 0.2) is 0 Å². The summed E-state index contributed by atoms with van der Waals surface area (Å²) in [6.45, 7) is 10.9. The van der Waals surface area contributed by atoms with Crippen molar-refractivity contribution in [2.24, 2.45) is 11.5 Å². The molecule has 0 aliphatic carbocycles. The molecule has 0 rings (SSSR count). The maximum absolute atomic E-state index is 11.4. The van der Waals surface area contributed by atoms with E-state index in [2.05, 4.69) is 27.4 Å². The lowest BCUT2D eigenvalue weighted by atomic mass is 10.3. The number of nitrogens with zero attached hydrogens (tertiary/aromatic N) is 2. The number of nitrogens with one attached hydrogen (secondary N) is 2. The quantitative estimate of drug-likeness (QED) is 0.279. The van der Waals surface area contributed by atoms with E-state index >= 15 is 0 Å². The highest BCUT2D eigenvalue weighted by Crippen LogP contribution is 1.96. The van der Waals surface area contributed by atoms with E-state index in [0.29, 0.717) is 19.5 Å². The summed E-state index contributed by atoms with van der Waals surface area (Å²) >= 11 is 0. The number of hydrogen-bond donors (Lipinski definition) is 4. The van der Waals surface area contributed by atoms with Crippen molar-refractivity contribution in [1.82, 2.24) is 20.4 Å². The highest BCUT2D eigenvalue weighted by molar-refractivity contribution is 5.75. The van der Waals surface area contributed by atoms with E-state index in [1.165, 1.54) is 0 Å². The van der Waals surface area contributed by atoms with Gasteiger partial charge in [0.25, 0.3) is 0 Å². The summed E-state index contributed by atoms with van der Waals surface area (Å²) in [5.74, 6) is 0.0754. The second-order valence-electron chi connectivity index (χ2n) is 5.39. The summed E-state index contributed by atoms with van der Waals surface area (Å²) in [5, 5.41) is 6.00. The van der Waals surface area contributed by atoms with Gasteiger partial charge in [-0.25, -0.2) is 0 Å². The fraction of sp³-hybridized carbons (Fsp3) is 0.933. The van der Waals surface area contributed by atoms with Crippen LogP contribution in [0.3, 0.4) is 0 Å². The zero-order valence-electron chi connectivity index (χ0n) is 14.4. The lowest BCUT2D eigenvalue weighted by Gasteiger charge is -2.27. The van der Waals surface area contributed by atoms with E-state index in [-0.39, 0.29) is 5.91 Å². The van der Waals surface area contributed by atoms with E-state index < -0.39 is 0 Å². The Morgan fingerprint density at radius 2 is 1.55 bits per heavy atom. The first-order valence-corrected chi connectivity index (χ1v) is 8.44. The van der Waals surface area contributed by atoms with Gasteiger partial charge in [-0.2, -0.15) is 0 Å². The Kier molecular flexibility index (Phi) is 14.7. The molecule has 6 N–H and O–H groups in total. The van der Waals surface area contributed by atoms with Crippen LogP contribution in [0.2, 0.25) is 0 Å². The molecular formula is C15H36N6O. The van der Waals surface area contributed by atoms with Crippen molar-refractivity contribution < 1.29 is 4.79 Å². The van der Waals surface area contributed by atoms with Crippen molar-refractivity contribution in [1.29, 1.82) is 0 Å². The van der Waals surface area contributed by atoms with Crippen LogP contribution in [0.5, 0.6) is 0 Å². The van der Waals surface area contributed by atoms with Gasteiger partial charge in [0, 0.05) is 59.3 Å². The SMILES string of the molecule is CCNCCCN(CCN)CCN(CCN)CCC(=O)NC. The third-order valence-electron chi connectivity index (χ3n) is 3.63. The van der Waals surface area contributed by atoms with Crippen molar-refractivity contribution in [3.05, 3.63) is 0 Å². The number of nitrogens with two attached hydrogens (primary N) is 2. The second kappa shape index (κ2) is 15.2. The van der Waals surface area contributed by atoms with Crippen LogP contribution in [-0.2, 0) is 4.79 Å². The normalized spacial score (nSPS) is 11.4. The van der Waals surface area contributed by atoms with Gasteiger partial charge in [0.2, 0.25) is 5.91 Å². The fourth-order valence-electron chi connectivity index (χ4n) is 2.31. The predicted molar refractivity (Wildman–Crippen MR) is 92.8 cm³/mol. The largest absolute Gasteiger partial charge is 0.359 e. The van der Waals surface area contributed by atoms with Crippen molar-refractivity contribution >= 4 is 5.91 Å². The molecule has 0 saturated carbocycles. The minimum absolute atomic E-state index is 0.0754. The van der Waals surface area contributed by atoms with Gasteiger partial charge >= 0.3 is 0 Å². The standard InChI is InChI=1S/C15H36N6O/c1-3-19-8-4-9-20(11-6-16)13-14-21(12-7-17)10-5-15(22)18-2/h19H,3-14,16-17H2,1-2H3,(H,18,22). The molecule has 0 aromatic carbocycles.